The van der Waals surface area contributed by atoms with Gasteiger partial charge >= 0.3 is 0 Å². The lowest BCUT2D eigenvalue weighted by Gasteiger charge is -2.29. The third-order valence-corrected chi connectivity index (χ3v) is 8.59. The van der Waals surface area contributed by atoms with Crippen LogP contribution < -0.4 is 10.1 Å². The summed E-state index contributed by atoms with van der Waals surface area (Å²) in [4.78, 5) is 46.3. The zero-order chi connectivity index (χ0) is 25.0. The molecule has 1 aliphatic heterocycles. The second-order valence-electron chi connectivity index (χ2n) is 9.75. The summed E-state index contributed by atoms with van der Waals surface area (Å²) in [5.74, 6) is -0.180. The lowest BCUT2D eigenvalue weighted by Crippen LogP contribution is -2.38. The molecule has 3 aliphatic rings. The lowest BCUT2D eigenvalue weighted by molar-refractivity contribution is -0.144. The van der Waals surface area contributed by atoms with E-state index in [-0.39, 0.29) is 47.8 Å². The fourth-order valence-corrected chi connectivity index (χ4v) is 7.00. The predicted molar refractivity (Wildman–Crippen MR) is 138 cm³/mol. The van der Waals surface area contributed by atoms with Gasteiger partial charge in [-0.1, -0.05) is 47.8 Å². The second kappa shape index (κ2) is 8.85. The Morgan fingerprint density at radius 2 is 1.86 bits per heavy atom. The number of fused-ring (bicyclic) bond motifs is 6. The number of thiazole rings is 1. The van der Waals surface area contributed by atoms with Crippen molar-refractivity contribution < 1.29 is 19.1 Å². The highest BCUT2D eigenvalue weighted by atomic mass is 32.1. The number of imide groups is 1. The van der Waals surface area contributed by atoms with Crippen LogP contribution in [0.3, 0.4) is 0 Å². The number of rotatable bonds is 7. The maximum atomic E-state index is 13.6. The number of amides is 3. The first-order valence-electron chi connectivity index (χ1n) is 12.4. The van der Waals surface area contributed by atoms with Gasteiger partial charge in [0, 0.05) is 0 Å². The van der Waals surface area contributed by atoms with Crippen LogP contribution in [-0.2, 0) is 14.4 Å². The van der Waals surface area contributed by atoms with E-state index in [0.717, 1.165) is 33.5 Å². The Bertz CT molecular complexity index is 1380. The van der Waals surface area contributed by atoms with Crippen molar-refractivity contribution in [1.82, 2.24) is 9.88 Å². The highest BCUT2D eigenvalue weighted by Gasteiger charge is 2.60. The van der Waals surface area contributed by atoms with Crippen LogP contribution in [0.15, 0.2) is 54.6 Å². The molecular weight excluding hydrogens is 474 g/mol. The smallest absolute Gasteiger partial charge is 0.234 e. The third kappa shape index (κ3) is 3.71. The van der Waals surface area contributed by atoms with E-state index in [1.807, 2.05) is 56.3 Å². The van der Waals surface area contributed by atoms with Crippen molar-refractivity contribution >= 4 is 44.4 Å². The summed E-state index contributed by atoms with van der Waals surface area (Å²) in [5, 5.41) is 3.38. The van der Waals surface area contributed by atoms with Crippen LogP contribution in [0.1, 0.15) is 36.9 Å². The fraction of sp³-hybridized carbons (Fsp3) is 0.357. The Morgan fingerprint density at radius 3 is 2.56 bits per heavy atom. The average Bonchev–Trinajstić information content (AvgIpc) is 3.61. The van der Waals surface area contributed by atoms with Crippen LogP contribution >= 0.6 is 11.3 Å². The van der Waals surface area contributed by atoms with E-state index in [9.17, 15) is 14.4 Å². The molecule has 0 radical (unpaired) electrons. The third-order valence-electron chi connectivity index (χ3n) is 7.66. The standard InChI is InChI=1S/C28H27N3O4S/c1-3-35-18-10-11-20-22(13-18)36-28(29-20)30-23(32)14-21(19-7-5-4-6-15(19)2)31-26(33)24-16-8-9-17(12-16)25(24)27(31)34/h4-11,13,16-17,21,24-25H,3,12,14H2,1-2H3,(H,29,30,32). The van der Waals surface area contributed by atoms with Gasteiger partial charge in [-0.15, -0.1) is 0 Å². The van der Waals surface area contributed by atoms with E-state index in [1.165, 1.54) is 16.2 Å². The number of nitrogens with one attached hydrogen (secondary N) is 1. The summed E-state index contributed by atoms with van der Waals surface area (Å²) in [6.45, 7) is 4.44. The highest BCUT2D eigenvalue weighted by Crippen LogP contribution is 2.54. The summed E-state index contributed by atoms with van der Waals surface area (Å²) in [7, 11) is 0. The minimum absolute atomic E-state index is 0.0232. The first-order valence-corrected chi connectivity index (χ1v) is 13.2. The first-order chi connectivity index (χ1) is 17.4. The lowest BCUT2D eigenvalue weighted by atomic mass is 9.85. The molecule has 1 saturated heterocycles. The van der Waals surface area contributed by atoms with Gasteiger partial charge in [0.15, 0.2) is 5.13 Å². The SMILES string of the molecule is CCOc1ccc2nc(NC(=O)CC(c3ccccc3C)N3C(=O)C4C5C=CC(C5)C4C3=O)sc2c1. The molecule has 3 aromatic rings. The summed E-state index contributed by atoms with van der Waals surface area (Å²) in [6.07, 6.45) is 5.02. The highest BCUT2D eigenvalue weighted by molar-refractivity contribution is 7.22. The number of carbonyl (C=O) groups is 3. The van der Waals surface area contributed by atoms with Crippen LogP contribution in [-0.4, -0.2) is 34.2 Å². The number of benzene rings is 2. The monoisotopic (exact) mass is 501 g/mol. The number of anilines is 1. The molecule has 1 N–H and O–H groups in total. The molecule has 1 aromatic heterocycles. The van der Waals surface area contributed by atoms with Crippen LogP contribution in [0.25, 0.3) is 10.2 Å². The molecule has 5 unspecified atom stereocenters. The zero-order valence-electron chi connectivity index (χ0n) is 20.1. The molecule has 2 aliphatic carbocycles. The minimum Gasteiger partial charge on any atom is -0.494 e. The average molecular weight is 502 g/mol. The molecule has 3 amide bonds. The van der Waals surface area contributed by atoms with Crippen molar-refractivity contribution in [1.29, 1.82) is 0 Å². The molecule has 5 atom stereocenters. The van der Waals surface area contributed by atoms with E-state index in [0.29, 0.717) is 11.7 Å². The Hall–Kier alpha value is -3.52. The first kappa shape index (κ1) is 22.9. The van der Waals surface area contributed by atoms with Gasteiger partial charge in [-0.3, -0.25) is 19.3 Å². The van der Waals surface area contributed by atoms with E-state index in [2.05, 4.69) is 22.5 Å². The molecule has 1 saturated carbocycles. The van der Waals surface area contributed by atoms with Gasteiger partial charge in [-0.25, -0.2) is 4.98 Å². The Morgan fingerprint density at radius 1 is 1.14 bits per heavy atom. The molecule has 8 heteroatoms. The molecule has 7 nitrogen and oxygen atoms in total. The normalized spacial score (nSPS) is 25.0. The van der Waals surface area contributed by atoms with E-state index in [1.54, 1.807) is 0 Å². The van der Waals surface area contributed by atoms with Crippen molar-refractivity contribution in [2.45, 2.75) is 32.7 Å². The van der Waals surface area contributed by atoms with Gasteiger partial charge in [-0.2, -0.15) is 0 Å². The Balaban J connectivity index is 1.27. The maximum absolute atomic E-state index is 13.6. The molecule has 0 spiro atoms. The largest absolute Gasteiger partial charge is 0.494 e. The van der Waals surface area contributed by atoms with Crippen molar-refractivity contribution in [3.05, 3.63) is 65.7 Å². The number of nitrogens with zero attached hydrogens (tertiary/aromatic N) is 2. The molecule has 36 heavy (non-hydrogen) atoms. The van der Waals surface area contributed by atoms with Gasteiger partial charge < -0.3 is 10.1 Å². The molecule has 2 fully saturated rings. The van der Waals surface area contributed by atoms with Gasteiger partial charge in [-0.05, 0) is 61.4 Å². The maximum Gasteiger partial charge on any atom is 0.234 e. The van der Waals surface area contributed by atoms with Crippen LogP contribution in [0.2, 0.25) is 0 Å². The number of aromatic nitrogens is 1. The Labute approximate surface area is 213 Å². The summed E-state index contributed by atoms with van der Waals surface area (Å²) >= 11 is 1.37. The van der Waals surface area contributed by atoms with Gasteiger partial charge in [0.25, 0.3) is 0 Å². The zero-order valence-corrected chi connectivity index (χ0v) is 21.0. The summed E-state index contributed by atoms with van der Waals surface area (Å²) in [6, 6.07) is 12.6. The molecule has 184 valence electrons. The number of aryl methyl sites for hydroxylation is 1. The van der Waals surface area contributed by atoms with Crippen LogP contribution in [0.5, 0.6) is 5.75 Å². The van der Waals surface area contributed by atoms with Crippen molar-refractivity contribution in [2.24, 2.45) is 23.7 Å². The van der Waals surface area contributed by atoms with Crippen LogP contribution in [0.4, 0.5) is 5.13 Å². The molecular formula is C28H27N3O4S. The van der Waals surface area contributed by atoms with Gasteiger partial charge in [0.05, 0.1) is 41.1 Å². The predicted octanol–water partition coefficient (Wildman–Crippen LogP) is 4.88. The molecule has 2 heterocycles. The van der Waals surface area contributed by atoms with Crippen LogP contribution in [0, 0.1) is 30.6 Å². The van der Waals surface area contributed by atoms with Crippen molar-refractivity contribution in [3.8, 4) is 5.75 Å². The number of hydrogen-bond acceptors (Lipinski definition) is 6. The van der Waals surface area contributed by atoms with E-state index >= 15 is 0 Å². The Kier molecular flexibility index (Phi) is 5.63. The van der Waals surface area contributed by atoms with Crippen molar-refractivity contribution in [3.63, 3.8) is 0 Å². The minimum atomic E-state index is -0.657. The molecule has 2 bridgehead atoms. The number of hydrogen-bond donors (Lipinski definition) is 1. The number of carbonyl (C=O) groups excluding carboxylic acids is 3. The quantitative estimate of drug-likeness (QED) is 0.368. The van der Waals surface area contributed by atoms with Crippen molar-refractivity contribution in [2.75, 3.05) is 11.9 Å². The number of allylic oxidation sites excluding steroid dienone is 2. The van der Waals surface area contributed by atoms with Gasteiger partial charge in [0.1, 0.15) is 5.75 Å². The summed E-state index contributed by atoms with van der Waals surface area (Å²) < 4.78 is 6.47. The molecule has 6 rings (SSSR count). The van der Waals surface area contributed by atoms with E-state index < -0.39 is 6.04 Å². The number of likely N-dealkylation sites (tertiary alicyclic amines) is 1. The topological polar surface area (TPSA) is 88.6 Å². The van der Waals surface area contributed by atoms with E-state index in [4.69, 9.17) is 4.74 Å². The number of ether oxygens (including phenoxy) is 1. The second-order valence-corrected chi connectivity index (χ2v) is 10.8. The van der Waals surface area contributed by atoms with Gasteiger partial charge in [0.2, 0.25) is 17.7 Å². The summed E-state index contributed by atoms with van der Waals surface area (Å²) in [5.41, 5.74) is 2.53. The fourth-order valence-electron chi connectivity index (χ4n) is 6.09. The molecule has 2 aromatic carbocycles.